The molecule has 2 aromatic carbocycles. The van der Waals surface area contributed by atoms with Gasteiger partial charge in [-0.15, -0.1) is 0 Å². The molecular weight excluding hydrogens is 396 g/mol. The smallest absolute Gasteiger partial charge is 0.240 e. The average molecular weight is 423 g/mol. The average Bonchev–Trinajstić information content (AvgIpc) is 2.57. The maximum atomic E-state index is 12.4. The molecule has 28 heavy (non-hydrogen) atoms. The van der Waals surface area contributed by atoms with Crippen LogP contribution in [0.2, 0.25) is 5.02 Å². The standard InChI is InChI=1S/C21H27ClN2O3S/c1-15-12-16(2)21(17(3)13-15)24(28(4,26)27)14-20(25)23-11-7-9-18-8-5-6-10-19(18)22/h5-6,8,10,12-13H,7,9,11,14H2,1-4H3,(H,23,25). The minimum atomic E-state index is -3.60. The maximum absolute atomic E-state index is 12.4. The molecule has 7 heteroatoms. The third-order valence-corrected chi connectivity index (χ3v) is 5.96. The first-order chi connectivity index (χ1) is 13.1. The summed E-state index contributed by atoms with van der Waals surface area (Å²) in [6.45, 7) is 5.88. The first-order valence-electron chi connectivity index (χ1n) is 9.15. The minimum Gasteiger partial charge on any atom is -0.355 e. The Kier molecular flexibility index (Phi) is 7.49. The van der Waals surface area contributed by atoms with E-state index in [0.29, 0.717) is 17.3 Å². The number of hydrogen-bond acceptors (Lipinski definition) is 3. The SMILES string of the molecule is Cc1cc(C)c(N(CC(=O)NCCCc2ccccc2Cl)S(C)(=O)=O)c(C)c1. The van der Waals surface area contributed by atoms with Gasteiger partial charge in [-0.05, 0) is 56.4 Å². The van der Waals surface area contributed by atoms with Gasteiger partial charge in [-0.25, -0.2) is 8.42 Å². The zero-order chi connectivity index (χ0) is 20.9. The van der Waals surface area contributed by atoms with E-state index in [1.165, 1.54) is 4.31 Å². The summed E-state index contributed by atoms with van der Waals surface area (Å²) < 4.78 is 25.9. The number of nitrogens with zero attached hydrogens (tertiary/aromatic N) is 1. The molecule has 0 aliphatic carbocycles. The van der Waals surface area contributed by atoms with Crippen molar-refractivity contribution in [3.05, 3.63) is 63.7 Å². The van der Waals surface area contributed by atoms with Gasteiger partial charge in [0.1, 0.15) is 6.54 Å². The summed E-state index contributed by atoms with van der Waals surface area (Å²) in [5.41, 5.74) is 4.31. The highest BCUT2D eigenvalue weighted by molar-refractivity contribution is 7.92. The van der Waals surface area contributed by atoms with Gasteiger partial charge in [0.05, 0.1) is 11.9 Å². The number of halogens is 1. The molecule has 2 rings (SSSR count). The van der Waals surface area contributed by atoms with E-state index in [-0.39, 0.29) is 12.5 Å². The molecule has 152 valence electrons. The van der Waals surface area contributed by atoms with E-state index in [2.05, 4.69) is 5.32 Å². The van der Waals surface area contributed by atoms with Crippen LogP contribution in [0.5, 0.6) is 0 Å². The van der Waals surface area contributed by atoms with Gasteiger partial charge in [0.25, 0.3) is 0 Å². The Morgan fingerprint density at radius 2 is 1.71 bits per heavy atom. The van der Waals surface area contributed by atoms with E-state index in [1.54, 1.807) is 0 Å². The first kappa shape index (κ1) is 22.2. The Labute approximate surface area is 172 Å². The topological polar surface area (TPSA) is 66.5 Å². The molecule has 0 saturated heterocycles. The van der Waals surface area contributed by atoms with Crippen molar-refractivity contribution in [3.8, 4) is 0 Å². The highest BCUT2D eigenvalue weighted by atomic mass is 35.5. The summed E-state index contributed by atoms with van der Waals surface area (Å²) in [6.07, 6.45) is 2.58. The molecule has 2 aromatic rings. The molecule has 0 saturated carbocycles. The predicted octanol–water partition coefficient (Wildman–Crippen LogP) is 3.78. The zero-order valence-corrected chi connectivity index (χ0v) is 18.3. The van der Waals surface area contributed by atoms with Crippen LogP contribution in [-0.2, 0) is 21.2 Å². The summed E-state index contributed by atoms with van der Waals surface area (Å²) in [6, 6.07) is 11.4. The largest absolute Gasteiger partial charge is 0.355 e. The van der Waals surface area contributed by atoms with Gasteiger partial charge in [0, 0.05) is 11.6 Å². The second-order valence-electron chi connectivity index (χ2n) is 7.06. The van der Waals surface area contributed by atoms with Crippen molar-refractivity contribution in [2.45, 2.75) is 33.6 Å². The molecule has 1 N–H and O–H groups in total. The van der Waals surface area contributed by atoms with Crippen LogP contribution in [-0.4, -0.2) is 33.7 Å². The van der Waals surface area contributed by atoms with Crippen molar-refractivity contribution in [2.75, 3.05) is 23.7 Å². The molecular formula is C21H27ClN2O3S. The van der Waals surface area contributed by atoms with Crippen LogP contribution in [0.3, 0.4) is 0 Å². The van der Waals surface area contributed by atoms with Crippen molar-refractivity contribution >= 4 is 33.2 Å². The third-order valence-electron chi connectivity index (χ3n) is 4.48. The van der Waals surface area contributed by atoms with Gasteiger partial charge in [-0.3, -0.25) is 9.10 Å². The van der Waals surface area contributed by atoms with Crippen molar-refractivity contribution < 1.29 is 13.2 Å². The van der Waals surface area contributed by atoms with Crippen molar-refractivity contribution in [1.82, 2.24) is 5.32 Å². The van der Waals surface area contributed by atoms with Gasteiger partial charge in [-0.2, -0.15) is 0 Å². The number of aryl methyl sites for hydroxylation is 4. The third kappa shape index (κ3) is 5.97. The molecule has 0 bridgehead atoms. The fraction of sp³-hybridized carbons (Fsp3) is 0.381. The Morgan fingerprint density at radius 3 is 2.29 bits per heavy atom. The quantitative estimate of drug-likeness (QED) is 0.658. The van der Waals surface area contributed by atoms with Crippen molar-refractivity contribution in [2.24, 2.45) is 0 Å². The number of amides is 1. The van der Waals surface area contributed by atoms with Crippen LogP contribution in [0.1, 0.15) is 28.7 Å². The lowest BCUT2D eigenvalue weighted by molar-refractivity contribution is -0.119. The number of nitrogens with one attached hydrogen (secondary N) is 1. The lowest BCUT2D eigenvalue weighted by atomic mass is 10.1. The van der Waals surface area contributed by atoms with Gasteiger partial charge in [0.2, 0.25) is 15.9 Å². The van der Waals surface area contributed by atoms with E-state index in [4.69, 9.17) is 11.6 Å². The van der Waals surface area contributed by atoms with Crippen LogP contribution in [0.4, 0.5) is 5.69 Å². The molecule has 5 nitrogen and oxygen atoms in total. The minimum absolute atomic E-state index is 0.240. The fourth-order valence-corrected chi connectivity index (χ4v) is 4.52. The molecule has 1 amide bonds. The van der Waals surface area contributed by atoms with Crippen LogP contribution in [0.15, 0.2) is 36.4 Å². The van der Waals surface area contributed by atoms with Crippen LogP contribution < -0.4 is 9.62 Å². The lowest BCUT2D eigenvalue weighted by Crippen LogP contribution is -2.41. The molecule has 0 spiro atoms. The summed E-state index contributed by atoms with van der Waals surface area (Å²) >= 11 is 6.13. The number of hydrogen-bond donors (Lipinski definition) is 1. The van der Waals surface area contributed by atoms with E-state index >= 15 is 0 Å². The van der Waals surface area contributed by atoms with E-state index < -0.39 is 10.0 Å². The first-order valence-corrected chi connectivity index (χ1v) is 11.4. The van der Waals surface area contributed by atoms with Gasteiger partial charge in [0.15, 0.2) is 0 Å². The van der Waals surface area contributed by atoms with Gasteiger partial charge >= 0.3 is 0 Å². The Hall–Kier alpha value is -2.05. The second-order valence-corrected chi connectivity index (χ2v) is 9.38. The van der Waals surface area contributed by atoms with E-state index in [0.717, 1.165) is 41.4 Å². The number of rotatable bonds is 8. The predicted molar refractivity (Wildman–Crippen MR) is 116 cm³/mol. The molecule has 0 unspecified atom stereocenters. The monoisotopic (exact) mass is 422 g/mol. The number of carbonyl (C=O) groups is 1. The van der Waals surface area contributed by atoms with E-state index in [9.17, 15) is 13.2 Å². The Bertz CT molecular complexity index is 935. The number of sulfonamides is 1. The normalized spacial score (nSPS) is 11.3. The number of anilines is 1. The molecule has 0 aliphatic rings. The van der Waals surface area contributed by atoms with Gasteiger partial charge in [-0.1, -0.05) is 47.5 Å². The molecule has 0 atom stereocenters. The summed E-state index contributed by atoms with van der Waals surface area (Å²) in [5.74, 6) is -0.330. The number of carbonyl (C=O) groups excluding carboxylic acids is 1. The molecule has 0 aliphatic heterocycles. The highest BCUT2D eigenvalue weighted by Gasteiger charge is 2.24. The number of benzene rings is 2. The highest BCUT2D eigenvalue weighted by Crippen LogP contribution is 2.28. The summed E-state index contributed by atoms with van der Waals surface area (Å²) in [4.78, 5) is 12.4. The maximum Gasteiger partial charge on any atom is 0.240 e. The van der Waals surface area contributed by atoms with Crippen LogP contribution in [0, 0.1) is 20.8 Å². The Morgan fingerprint density at radius 1 is 1.11 bits per heavy atom. The zero-order valence-electron chi connectivity index (χ0n) is 16.8. The molecule has 0 aromatic heterocycles. The Balaban J connectivity index is 2.02. The van der Waals surface area contributed by atoms with Crippen LogP contribution in [0.25, 0.3) is 0 Å². The molecule has 0 heterocycles. The lowest BCUT2D eigenvalue weighted by Gasteiger charge is -2.26. The van der Waals surface area contributed by atoms with E-state index in [1.807, 2.05) is 57.2 Å². The molecule has 0 fully saturated rings. The van der Waals surface area contributed by atoms with Crippen molar-refractivity contribution in [3.63, 3.8) is 0 Å². The second kappa shape index (κ2) is 9.43. The van der Waals surface area contributed by atoms with Gasteiger partial charge < -0.3 is 5.32 Å². The molecule has 0 radical (unpaired) electrons. The fourth-order valence-electron chi connectivity index (χ4n) is 3.32. The summed E-state index contributed by atoms with van der Waals surface area (Å²) in [7, 11) is -3.60. The van der Waals surface area contributed by atoms with Crippen molar-refractivity contribution in [1.29, 1.82) is 0 Å². The van der Waals surface area contributed by atoms with Crippen LogP contribution >= 0.6 is 11.6 Å². The summed E-state index contributed by atoms with van der Waals surface area (Å²) in [5, 5.41) is 3.52.